The third-order valence-electron chi connectivity index (χ3n) is 2.42. The Labute approximate surface area is 112 Å². The molecule has 0 unspecified atom stereocenters. The summed E-state index contributed by atoms with van der Waals surface area (Å²) < 4.78 is 5.33. The minimum atomic E-state index is -0.347. The zero-order chi connectivity index (χ0) is 13.9. The summed E-state index contributed by atoms with van der Waals surface area (Å²) in [5.41, 5.74) is 0.537. The van der Waals surface area contributed by atoms with Crippen molar-refractivity contribution in [3.8, 4) is 0 Å². The zero-order valence-corrected chi connectivity index (χ0v) is 11.2. The maximum absolute atomic E-state index is 11.7. The lowest BCUT2D eigenvalue weighted by Crippen LogP contribution is -2.20. The van der Waals surface area contributed by atoms with Crippen molar-refractivity contribution in [2.75, 3.05) is 10.6 Å². The Hall–Kier alpha value is -2.30. The Kier molecular flexibility index (Phi) is 3.55. The number of hydrogen-bond acceptors (Lipinski definition) is 3. The number of urea groups is 1. The van der Waals surface area contributed by atoms with Gasteiger partial charge >= 0.3 is 6.03 Å². The molecule has 2 N–H and O–H groups in total. The van der Waals surface area contributed by atoms with Gasteiger partial charge in [0.2, 0.25) is 5.89 Å². The van der Waals surface area contributed by atoms with Gasteiger partial charge in [0.25, 0.3) is 0 Å². The summed E-state index contributed by atoms with van der Waals surface area (Å²) in [6.07, 6.45) is 1.44. The second kappa shape index (κ2) is 5.14. The van der Waals surface area contributed by atoms with Gasteiger partial charge in [-0.3, -0.25) is 5.32 Å². The molecule has 0 bridgehead atoms. The van der Waals surface area contributed by atoms with Crippen LogP contribution in [0.25, 0.3) is 0 Å². The van der Waals surface area contributed by atoms with Crippen LogP contribution < -0.4 is 10.6 Å². The monoisotopic (exact) mass is 259 g/mol. The number of benzene rings is 1. The second-order valence-corrected chi connectivity index (χ2v) is 5.23. The topological polar surface area (TPSA) is 67.2 Å². The quantitative estimate of drug-likeness (QED) is 0.865. The first kappa shape index (κ1) is 13.1. The van der Waals surface area contributed by atoms with Crippen LogP contribution in [-0.2, 0) is 5.41 Å². The maximum atomic E-state index is 11.7. The molecule has 0 aliphatic carbocycles. The van der Waals surface area contributed by atoms with Gasteiger partial charge in [-0.1, -0.05) is 39.0 Å². The average Bonchev–Trinajstić information content (AvgIpc) is 2.78. The van der Waals surface area contributed by atoms with E-state index in [1.54, 1.807) is 0 Å². The molecule has 1 aromatic heterocycles. The number of para-hydroxylation sites is 1. The normalized spacial score (nSPS) is 11.1. The summed E-state index contributed by atoms with van der Waals surface area (Å²) in [4.78, 5) is 16.0. The molecule has 100 valence electrons. The zero-order valence-electron chi connectivity index (χ0n) is 11.2. The first-order valence-electron chi connectivity index (χ1n) is 6.04. The van der Waals surface area contributed by atoms with Crippen LogP contribution in [0.1, 0.15) is 26.7 Å². The van der Waals surface area contributed by atoms with Crippen molar-refractivity contribution in [1.29, 1.82) is 0 Å². The van der Waals surface area contributed by atoms with E-state index in [4.69, 9.17) is 4.42 Å². The van der Waals surface area contributed by atoms with Crippen molar-refractivity contribution < 1.29 is 9.21 Å². The predicted molar refractivity (Wildman–Crippen MR) is 74.3 cm³/mol. The van der Waals surface area contributed by atoms with E-state index >= 15 is 0 Å². The maximum Gasteiger partial charge on any atom is 0.324 e. The van der Waals surface area contributed by atoms with Crippen molar-refractivity contribution in [2.45, 2.75) is 26.2 Å². The average molecular weight is 259 g/mol. The minimum absolute atomic E-state index is 0.185. The Morgan fingerprint density at radius 2 is 1.84 bits per heavy atom. The molecule has 5 nitrogen and oxygen atoms in total. The van der Waals surface area contributed by atoms with Gasteiger partial charge in [-0.25, -0.2) is 4.79 Å². The Morgan fingerprint density at radius 3 is 2.42 bits per heavy atom. The highest BCUT2D eigenvalue weighted by molar-refractivity contribution is 5.98. The van der Waals surface area contributed by atoms with Crippen molar-refractivity contribution in [3.63, 3.8) is 0 Å². The fraction of sp³-hybridized carbons (Fsp3) is 0.286. The fourth-order valence-corrected chi connectivity index (χ4v) is 1.48. The van der Waals surface area contributed by atoms with E-state index in [1.807, 2.05) is 51.1 Å². The Balaban J connectivity index is 1.98. The van der Waals surface area contributed by atoms with E-state index in [1.165, 1.54) is 6.26 Å². The molecule has 5 heteroatoms. The Morgan fingerprint density at radius 1 is 1.16 bits per heavy atom. The molecule has 0 saturated carbocycles. The Bertz CT molecular complexity index is 556. The summed E-state index contributed by atoms with van der Waals surface area (Å²) in [6, 6.07) is 8.86. The molecule has 0 saturated heterocycles. The smallest absolute Gasteiger partial charge is 0.324 e. The van der Waals surface area contributed by atoms with E-state index in [-0.39, 0.29) is 11.4 Å². The second-order valence-electron chi connectivity index (χ2n) is 5.23. The molecule has 1 aromatic carbocycles. The number of nitrogens with zero attached hydrogens (tertiary/aromatic N) is 1. The summed E-state index contributed by atoms with van der Waals surface area (Å²) in [5.74, 6) is 0.987. The minimum Gasteiger partial charge on any atom is -0.446 e. The summed E-state index contributed by atoms with van der Waals surface area (Å²) in [5, 5.41) is 5.33. The van der Waals surface area contributed by atoms with E-state index in [2.05, 4.69) is 15.6 Å². The number of rotatable bonds is 2. The van der Waals surface area contributed by atoms with Crippen LogP contribution in [-0.4, -0.2) is 11.0 Å². The van der Waals surface area contributed by atoms with Gasteiger partial charge in [-0.05, 0) is 12.1 Å². The summed E-state index contributed by atoms with van der Waals surface area (Å²) in [7, 11) is 0. The molecule has 2 rings (SSSR count). The van der Waals surface area contributed by atoms with Crippen LogP contribution in [0.3, 0.4) is 0 Å². The van der Waals surface area contributed by atoms with Crippen LogP contribution in [0, 0.1) is 0 Å². The third-order valence-corrected chi connectivity index (χ3v) is 2.42. The molecule has 0 spiro atoms. The molecule has 2 amide bonds. The highest BCUT2D eigenvalue weighted by Crippen LogP contribution is 2.22. The van der Waals surface area contributed by atoms with Gasteiger partial charge in [0, 0.05) is 11.1 Å². The number of aromatic nitrogens is 1. The SMILES string of the molecule is CC(C)(C)c1nc(NC(=O)Nc2ccccc2)co1. The van der Waals surface area contributed by atoms with Crippen LogP contribution in [0.2, 0.25) is 0 Å². The summed E-state index contributed by atoms with van der Waals surface area (Å²) in [6.45, 7) is 5.98. The number of hydrogen-bond donors (Lipinski definition) is 2. The third kappa shape index (κ3) is 3.58. The fourth-order valence-electron chi connectivity index (χ4n) is 1.48. The first-order chi connectivity index (χ1) is 8.95. The van der Waals surface area contributed by atoms with Gasteiger partial charge < -0.3 is 9.73 Å². The molecule has 0 fully saturated rings. The van der Waals surface area contributed by atoms with Crippen LogP contribution in [0.4, 0.5) is 16.3 Å². The van der Waals surface area contributed by atoms with E-state index in [9.17, 15) is 4.79 Å². The molecule has 0 radical (unpaired) electrons. The molecule has 0 aliphatic heterocycles. The van der Waals surface area contributed by atoms with Gasteiger partial charge in [-0.2, -0.15) is 4.98 Å². The predicted octanol–water partition coefficient (Wildman–Crippen LogP) is 3.62. The van der Waals surface area contributed by atoms with Crippen molar-refractivity contribution in [2.24, 2.45) is 0 Å². The molecule has 0 atom stereocenters. The lowest BCUT2D eigenvalue weighted by Gasteiger charge is -2.11. The van der Waals surface area contributed by atoms with Crippen molar-refractivity contribution in [1.82, 2.24) is 4.98 Å². The van der Waals surface area contributed by atoms with Crippen molar-refractivity contribution >= 4 is 17.5 Å². The van der Waals surface area contributed by atoms with Crippen LogP contribution in [0.5, 0.6) is 0 Å². The van der Waals surface area contributed by atoms with Gasteiger partial charge in [0.05, 0.1) is 0 Å². The van der Waals surface area contributed by atoms with Gasteiger partial charge in [0.15, 0.2) is 5.82 Å². The van der Waals surface area contributed by atoms with Crippen LogP contribution >= 0.6 is 0 Å². The molecule has 2 aromatic rings. The standard InChI is InChI=1S/C14H17N3O2/c1-14(2,3)12-16-11(9-19-12)17-13(18)15-10-7-5-4-6-8-10/h4-9H,1-3H3,(H2,15,17,18). The number of oxazole rings is 1. The number of nitrogens with one attached hydrogen (secondary N) is 2. The van der Waals surface area contributed by atoms with Gasteiger partial charge in [-0.15, -0.1) is 0 Å². The van der Waals surface area contributed by atoms with Crippen molar-refractivity contribution in [3.05, 3.63) is 42.5 Å². The van der Waals surface area contributed by atoms with Gasteiger partial charge in [0.1, 0.15) is 6.26 Å². The van der Waals surface area contributed by atoms with E-state index in [0.29, 0.717) is 11.7 Å². The van der Waals surface area contributed by atoms with Crippen LogP contribution in [0.15, 0.2) is 41.0 Å². The number of carbonyl (C=O) groups excluding carboxylic acids is 1. The highest BCUT2D eigenvalue weighted by atomic mass is 16.3. The molecule has 0 aliphatic rings. The number of amides is 2. The molecule has 1 heterocycles. The number of carbonyl (C=O) groups is 1. The van der Waals surface area contributed by atoms with E-state index < -0.39 is 0 Å². The highest BCUT2D eigenvalue weighted by Gasteiger charge is 2.20. The lowest BCUT2D eigenvalue weighted by atomic mass is 9.97. The number of anilines is 2. The van der Waals surface area contributed by atoms with E-state index in [0.717, 1.165) is 5.69 Å². The summed E-state index contributed by atoms with van der Waals surface area (Å²) >= 11 is 0. The molecule has 19 heavy (non-hydrogen) atoms. The molecular weight excluding hydrogens is 242 g/mol. The largest absolute Gasteiger partial charge is 0.446 e. The first-order valence-corrected chi connectivity index (χ1v) is 6.04. The molecular formula is C14H17N3O2. The lowest BCUT2D eigenvalue weighted by molar-refractivity contribution is 0.262.